The van der Waals surface area contributed by atoms with E-state index in [2.05, 4.69) is 5.32 Å². The minimum absolute atomic E-state index is 0.0382. The van der Waals surface area contributed by atoms with Gasteiger partial charge in [0.2, 0.25) is 0 Å². The summed E-state index contributed by atoms with van der Waals surface area (Å²) in [6, 6.07) is 10.4. The number of halogens is 1. The Morgan fingerprint density at radius 1 is 1.30 bits per heavy atom. The van der Waals surface area contributed by atoms with Crippen LogP contribution < -0.4 is 10.1 Å². The van der Waals surface area contributed by atoms with Crippen LogP contribution in [0.1, 0.15) is 27.9 Å². The zero-order chi connectivity index (χ0) is 19.0. The molecule has 1 N–H and O–H groups in total. The minimum atomic E-state index is -0.198. The topological polar surface area (TPSA) is 58.6 Å². The molecule has 5 nitrogen and oxygen atoms in total. The molecule has 2 heterocycles. The number of aryl methyl sites for hydroxylation is 1. The van der Waals surface area contributed by atoms with Crippen LogP contribution >= 0.6 is 0 Å². The van der Waals surface area contributed by atoms with Crippen molar-refractivity contribution < 1.29 is 18.7 Å². The van der Waals surface area contributed by atoms with Gasteiger partial charge in [0.05, 0.1) is 5.69 Å². The summed E-state index contributed by atoms with van der Waals surface area (Å²) in [5.74, 6) is 0.419. The first-order chi connectivity index (χ1) is 13.0. The lowest BCUT2D eigenvalue weighted by atomic mass is 9.98. The molecule has 2 aromatic rings. The van der Waals surface area contributed by atoms with E-state index in [1.807, 2.05) is 11.0 Å². The van der Waals surface area contributed by atoms with Gasteiger partial charge in [-0.25, -0.2) is 4.39 Å². The molecule has 4 rings (SSSR count). The van der Waals surface area contributed by atoms with Crippen LogP contribution in [0.4, 0.5) is 10.1 Å². The number of benzene rings is 2. The van der Waals surface area contributed by atoms with Gasteiger partial charge >= 0.3 is 0 Å². The van der Waals surface area contributed by atoms with E-state index in [1.165, 1.54) is 0 Å². The van der Waals surface area contributed by atoms with Crippen molar-refractivity contribution in [3.05, 3.63) is 58.9 Å². The Morgan fingerprint density at radius 2 is 2.15 bits per heavy atom. The number of carbonyl (C=O) groups is 2. The molecule has 2 amide bonds. The Bertz CT molecular complexity index is 912. The van der Waals surface area contributed by atoms with Crippen LogP contribution in [0.25, 0.3) is 0 Å². The minimum Gasteiger partial charge on any atom is -0.482 e. The number of rotatable bonds is 3. The van der Waals surface area contributed by atoms with Gasteiger partial charge in [-0.3, -0.25) is 9.59 Å². The fourth-order valence-electron chi connectivity index (χ4n) is 3.67. The number of fused-ring (bicyclic) bond motifs is 1. The maximum Gasteiger partial charge on any atom is 0.262 e. The van der Waals surface area contributed by atoms with Crippen LogP contribution in [-0.4, -0.2) is 36.4 Å². The predicted octanol–water partition coefficient (Wildman–Crippen LogP) is 3.17. The number of hydrogen-bond acceptors (Lipinski definition) is 3. The van der Waals surface area contributed by atoms with Crippen molar-refractivity contribution in [3.8, 4) is 5.75 Å². The zero-order valence-electron chi connectivity index (χ0n) is 15.1. The summed E-state index contributed by atoms with van der Waals surface area (Å²) in [6.07, 6.45) is 1.67. The summed E-state index contributed by atoms with van der Waals surface area (Å²) in [5.41, 5.74) is 2.75. The second-order valence-corrected chi connectivity index (χ2v) is 7.24. The quantitative estimate of drug-likeness (QED) is 0.905. The fourth-order valence-corrected chi connectivity index (χ4v) is 3.67. The number of nitrogens with one attached hydrogen (secondary N) is 1. The van der Waals surface area contributed by atoms with Gasteiger partial charge in [-0.1, -0.05) is 12.1 Å². The monoisotopic (exact) mass is 368 g/mol. The van der Waals surface area contributed by atoms with E-state index in [4.69, 9.17) is 4.74 Å². The Labute approximate surface area is 157 Å². The molecule has 1 fully saturated rings. The number of nitrogens with zero attached hydrogens (tertiary/aromatic N) is 1. The van der Waals surface area contributed by atoms with Crippen molar-refractivity contribution in [2.45, 2.75) is 19.8 Å². The van der Waals surface area contributed by atoms with Crippen molar-refractivity contribution in [1.82, 2.24) is 4.90 Å². The molecule has 0 saturated carbocycles. The highest BCUT2D eigenvalue weighted by Crippen LogP contribution is 2.30. The summed E-state index contributed by atoms with van der Waals surface area (Å²) in [4.78, 5) is 26.0. The van der Waals surface area contributed by atoms with Crippen LogP contribution in [-0.2, 0) is 11.2 Å². The van der Waals surface area contributed by atoms with E-state index >= 15 is 0 Å². The summed E-state index contributed by atoms with van der Waals surface area (Å²) in [7, 11) is 0. The van der Waals surface area contributed by atoms with Gasteiger partial charge < -0.3 is 15.0 Å². The standard InChI is InChI=1S/C21H21FN2O3/c1-13-2-3-14(9-17(13)22)8-15-6-7-24(11-15)21(26)16-4-5-18-19(10-16)27-12-20(25)23-18/h2-5,9-10,15H,6-8,11-12H2,1H3,(H,23,25). The first kappa shape index (κ1) is 17.5. The predicted molar refractivity (Wildman–Crippen MR) is 99.4 cm³/mol. The highest BCUT2D eigenvalue weighted by atomic mass is 19.1. The number of amides is 2. The number of anilines is 1. The van der Waals surface area contributed by atoms with E-state index in [0.29, 0.717) is 41.6 Å². The SMILES string of the molecule is Cc1ccc(CC2CCN(C(=O)c3ccc4c(c3)OCC(=O)N4)C2)cc1F. The van der Waals surface area contributed by atoms with Crippen molar-refractivity contribution in [2.24, 2.45) is 5.92 Å². The lowest BCUT2D eigenvalue weighted by Gasteiger charge is -2.20. The molecule has 2 aliphatic rings. The lowest BCUT2D eigenvalue weighted by molar-refractivity contribution is -0.118. The first-order valence-corrected chi connectivity index (χ1v) is 9.10. The maximum atomic E-state index is 13.7. The van der Waals surface area contributed by atoms with Crippen LogP contribution in [0.5, 0.6) is 5.75 Å². The molecular formula is C21H21FN2O3. The average Bonchev–Trinajstić information content (AvgIpc) is 3.12. The van der Waals surface area contributed by atoms with Gasteiger partial charge in [-0.15, -0.1) is 0 Å². The Hall–Kier alpha value is -2.89. The highest BCUT2D eigenvalue weighted by Gasteiger charge is 2.28. The molecule has 2 aliphatic heterocycles. The first-order valence-electron chi connectivity index (χ1n) is 9.10. The van der Waals surface area contributed by atoms with Crippen molar-refractivity contribution in [3.63, 3.8) is 0 Å². The van der Waals surface area contributed by atoms with E-state index in [0.717, 1.165) is 18.4 Å². The summed E-state index contributed by atoms with van der Waals surface area (Å²) >= 11 is 0. The summed E-state index contributed by atoms with van der Waals surface area (Å²) < 4.78 is 19.1. The molecule has 1 unspecified atom stereocenters. The number of ether oxygens (including phenoxy) is 1. The van der Waals surface area contributed by atoms with Gasteiger partial charge in [-0.05, 0) is 61.1 Å². The second kappa shape index (κ2) is 7.02. The van der Waals surface area contributed by atoms with Gasteiger partial charge in [0, 0.05) is 18.7 Å². The lowest BCUT2D eigenvalue weighted by Crippen LogP contribution is -2.30. The molecule has 2 aromatic carbocycles. The highest BCUT2D eigenvalue weighted by molar-refractivity contribution is 5.99. The van der Waals surface area contributed by atoms with Crippen molar-refractivity contribution >= 4 is 17.5 Å². The Balaban J connectivity index is 1.42. The molecule has 140 valence electrons. The van der Waals surface area contributed by atoms with Crippen molar-refractivity contribution in [1.29, 1.82) is 0 Å². The third-order valence-electron chi connectivity index (χ3n) is 5.20. The van der Waals surface area contributed by atoms with Crippen LogP contribution in [0.15, 0.2) is 36.4 Å². The van der Waals surface area contributed by atoms with E-state index in [9.17, 15) is 14.0 Å². The summed E-state index contributed by atoms with van der Waals surface area (Å²) in [6.45, 7) is 3.06. The number of hydrogen-bond donors (Lipinski definition) is 1. The molecule has 0 aliphatic carbocycles. The third-order valence-corrected chi connectivity index (χ3v) is 5.20. The molecule has 0 radical (unpaired) electrons. The molecule has 0 bridgehead atoms. The van der Waals surface area contributed by atoms with Crippen LogP contribution in [0.3, 0.4) is 0 Å². The summed E-state index contributed by atoms with van der Waals surface area (Å²) in [5, 5.41) is 2.72. The molecule has 6 heteroatoms. The zero-order valence-corrected chi connectivity index (χ0v) is 15.1. The van der Waals surface area contributed by atoms with E-state index in [-0.39, 0.29) is 24.2 Å². The molecule has 0 aromatic heterocycles. The molecular weight excluding hydrogens is 347 g/mol. The molecule has 0 spiro atoms. The van der Waals surface area contributed by atoms with E-state index in [1.54, 1.807) is 37.3 Å². The fraction of sp³-hybridized carbons (Fsp3) is 0.333. The third kappa shape index (κ3) is 3.65. The van der Waals surface area contributed by atoms with Crippen molar-refractivity contribution in [2.75, 3.05) is 25.0 Å². The maximum absolute atomic E-state index is 13.7. The molecule has 1 atom stereocenters. The van der Waals surface area contributed by atoms with Crippen LogP contribution in [0, 0.1) is 18.7 Å². The second-order valence-electron chi connectivity index (χ2n) is 7.24. The molecule has 27 heavy (non-hydrogen) atoms. The van der Waals surface area contributed by atoms with Gasteiger partial charge in [0.15, 0.2) is 6.61 Å². The molecule has 1 saturated heterocycles. The number of carbonyl (C=O) groups excluding carboxylic acids is 2. The smallest absolute Gasteiger partial charge is 0.262 e. The van der Waals surface area contributed by atoms with Gasteiger partial charge in [-0.2, -0.15) is 0 Å². The Morgan fingerprint density at radius 3 is 2.96 bits per heavy atom. The normalized spacial score (nSPS) is 18.7. The van der Waals surface area contributed by atoms with E-state index < -0.39 is 0 Å². The average molecular weight is 368 g/mol. The van der Waals surface area contributed by atoms with Crippen LogP contribution in [0.2, 0.25) is 0 Å². The van der Waals surface area contributed by atoms with Gasteiger partial charge in [0.25, 0.3) is 11.8 Å². The number of likely N-dealkylation sites (tertiary alicyclic amines) is 1. The van der Waals surface area contributed by atoms with Gasteiger partial charge in [0.1, 0.15) is 11.6 Å². The largest absolute Gasteiger partial charge is 0.482 e. The Kier molecular flexibility index (Phi) is 4.56.